The van der Waals surface area contributed by atoms with Gasteiger partial charge >= 0.3 is 0 Å². The summed E-state index contributed by atoms with van der Waals surface area (Å²) in [5.41, 5.74) is 1.57. The van der Waals surface area contributed by atoms with Gasteiger partial charge in [0, 0.05) is 18.4 Å². The van der Waals surface area contributed by atoms with Crippen LogP contribution in [-0.4, -0.2) is 34.5 Å². The quantitative estimate of drug-likeness (QED) is 0.622. The average molecular weight is 320 g/mol. The van der Waals surface area contributed by atoms with Crippen molar-refractivity contribution < 1.29 is 0 Å². The van der Waals surface area contributed by atoms with E-state index in [2.05, 4.69) is 44.3 Å². The summed E-state index contributed by atoms with van der Waals surface area (Å²) in [6.07, 6.45) is 8.69. The van der Waals surface area contributed by atoms with Gasteiger partial charge in [0.15, 0.2) is 11.5 Å². The molecule has 24 heavy (non-hydrogen) atoms. The zero-order valence-corrected chi connectivity index (χ0v) is 13.3. The highest BCUT2D eigenvalue weighted by atomic mass is 15.3. The fourth-order valence-corrected chi connectivity index (χ4v) is 2.41. The Labute approximate surface area is 138 Å². The third-order valence-corrected chi connectivity index (χ3v) is 3.63. The van der Waals surface area contributed by atoms with E-state index < -0.39 is 0 Å². The standard InChI is InChI=1S/C16H16N8/c1-11(2)23-9-12(7-20-23)22-15-13-8-21-24(16(13)19-10-18-15)14-5-3-4-6-17-14/h3-11H,1-2H3,(H,18,19,22). The zero-order chi connectivity index (χ0) is 16.5. The third kappa shape index (κ3) is 2.47. The summed E-state index contributed by atoms with van der Waals surface area (Å²) in [5, 5.41) is 12.8. The van der Waals surface area contributed by atoms with Crippen LogP contribution in [0.2, 0.25) is 0 Å². The molecule has 0 bridgehead atoms. The third-order valence-electron chi connectivity index (χ3n) is 3.63. The van der Waals surface area contributed by atoms with E-state index >= 15 is 0 Å². The van der Waals surface area contributed by atoms with Gasteiger partial charge in [0.25, 0.3) is 0 Å². The van der Waals surface area contributed by atoms with Crippen molar-refractivity contribution in [1.29, 1.82) is 0 Å². The van der Waals surface area contributed by atoms with Crippen molar-refractivity contribution >= 4 is 22.5 Å². The molecule has 0 saturated heterocycles. The Hall–Kier alpha value is -3.29. The van der Waals surface area contributed by atoms with Crippen LogP contribution in [0.3, 0.4) is 0 Å². The van der Waals surface area contributed by atoms with E-state index in [-0.39, 0.29) is 0 Å². The minimum Gasteiger partial charge on any atom is -0.337 e. The second kappa shape index (κ2) is 5.73. The van der Waals surface area contributed by atoms with Gasteiger partial charge in [0.1, 0.15) is 12.1 Å². The molecule has 0 aliphatic heterocycles. The predicted octanol–water partition coefficient (Wildman–Crippen LogP) is 2.73. The van der Waals surface area contributed by atoms with Crippen LogP contribution in [0.15, 0.2) is 49.3 Å². The molecular weight excluding hydrogens is 304 g/mol. The number of nitrogens with zero attached hydrogens (tertiary/aromatic N) is 7. The molecule has 120 valence electrons. The summed E-state index contributed by atoms with van der Waals surface area (Å²) in [6, 6.07) is 5.96. The van der Waals surface area contributed by atoms with Gasteiger partial charge in [0.2, 0.25) is 0 Å². The van der Waals surface area contributed by atoms with Crippen molar-refractivity contribution in [2.45, 2.75) is 19.9 Å². The highest BCUT2D eigenvalue weighted by Crippen LogP contribution is 2.24. The number of hydrogen-bond donors (Lipinski definition) is 1. The lowest BCUT2D eigenvalue weighted by Crippen LogP contribution is -2.01. The molecule has 0 aliphatic rings. The van der Waals surface area contributed by atoms with Crippen molar-refractivity contribution in [3.63, 3.8) is 0 Å². The van der Waals surface area contributed by atoms with Gasteiger partial charge < -0.3 is 5.32 Å². The molecule has 0 radical (unpaired) electrons. The molecule has 4 aromatic heterocycles. The number of rotatable bonds is 4. The minimum atomic E-state index is 0.304. The first kappa shape index (κ1) is 14.3. The van der Waals surface area contributed by atoms with Crippen molar-refractivity contribution in [3.05, 3.63) is 49.3 Å². The first-order valence-corrected chi connectivity index (χ1v) is 7.63. The lowest BCUT2D eigenvalue weighted by Gasteiger charge is -2.05. The molecular formula is C16H16N8. The van der Waals surface area contributed by atoms with Crippen molar-refractivity contribution in [3.8, 4) is 5.82 Å². The van der Waals surface area contributed by atoms with Gasteiger partial charge in [-0.05, 0) is 26.0 Å². The topological polar surface area (TPSA) is 86.3 Å². The molecule has 8 nitrogen and oxygen atoms in total. The van der Waals surface area contributed by atoms with E-state index in [0.717, 1.165) is 11.1 Å². The summed E-state index contributed by atoms with van der Waals surface area (Å²) in [4.78, 5) is 13.0. The molecule has 1 N–H and O–H groups in total. The predicted molar refractivity (Wildman–Crippen MR) is 90.3 cm³/mol. The maximum absolute atomic E-state index is 4.39. The molecule has 0 aromatic carbocycles. The molecule has 0 amide bonds. The number of hydrogen-bond acceptors (Lipinski definition) is 6. The fraction of sp³-hybridized carbons (Fsp3) is 0.188. The molecule has 0 spiro atoms. The SMILES string of the molecule is CC(C)n1cc(Nc2ncnc3c2cnn3-c2ccccn2)cn1. The van der Waals surface area contributed by atoms with Crippen LogP contribution in [0.25, 0.3) is 16.9 Å². The molecule has 0 atom stereocenters. The Balaban J connectivity index is 1.73. The highest BCUT2D eigenvalue weighted by molar-refractivity contribution is 5.88. The lowest BCUT2D eigenvalue weighted by atomic mass is 10.3. The molecule has 0 fully saturated rings. The molecule has 0 aliphatic carbocycles. The van der Waals surface area contributed by atoms with Gasteiger partial charge in [-0.15, -0.1) is 0 Å². The van der Waals surface area contributed by atoms with Gasteiger partial charge in [-0.1, -0.05) is 6.07 Å². The van der Waals surface area contributed by atoms with Crippen LogP contribution in [0, 0.1) is 0 Å². The first-order chi connectivity index (χ1) is 11.7. The van der Waals surface area contributed by atoms with E-state index in [0.29, 0.717) is 23.3 Å². The molecule has 4 heterocycles. The van der Waals surface area contributed by atoms with Crippen LogP contribution in [0.1, 0.15) is 19.9 Å². The van der Waals surface area contributed by atoms with E-state index in [1.165, 1.54) is 6.33 Å². The van der Waals surface area contributed by atoms with E-state index in [4.69, 9.17) is 0 Å². The van der Waals surface area contributed by atoms with Gasteiger partial charge in [-0.3, -0.25) is 4.68 Å². The minimum absolute atomic E-state index is 0.304. The number of fused-ring (bicyclic) bond motifs is 1. The maximum atomic E-state index is 4.39. The smallest absolute Gasteiger partial charge is 0.170 e. The van der Waals surface area contributed by atoms with Gasteiger partial charge in [-0.25, -0.2) is 15.0 Å². The van der Waals surface area contributed by atoms with Crippen molar-refractivity contribution in [2.75, 3.05) is 5.32 Å². The Morgan fingerprint density at radius 1 is 1.04 bits per heavy atom. The second-order valence-corrected chi connectivity index (χ2v) is 5.63. The molecule has 0 unspecified atom stereocenters. The number of aromatic nitrogens is 7. The Morgan fingerprint density at radius 2 is 1.96 bits per heavy atom. The van der Waals surface area contributed by atoms with Crippen LogP contribution in [0.4, 0.5) is 11.5 Å². The number of pyridine rings is 1. The summed E-state index contributed by atoms with van der Waals surface area (Å²) in [5.74, 6) is 1.40. The van der Waals surface area contributed by atoms with Gasteiger partial charge in [0.05, 0.1) is 23.5 Å². The second-order valence-electron chi connectivity index (χ2n) is 5.63. The Bertz CT molecular complexity index is 970. The largest absolute Gasteiger partial charge is 0.337 e. The highest BCUT2D eigenvalue weighted by Gasteiger charge is 2.12. The summed E-state index contributed by atoms with van der Waals surface area (Å²) >= 11 is 0. The Kier molecular flexibility index (Phi) is 3.42. The summed E-state index contributed by atoms with van der Waals surface area (Å²) in [7, 11) is 0. The van der Waals surface area contributed by atoms with Crippen molar-refractivity contribution in [1.82, 2.24) is 34.5 Å². The number of anilines is 2. The van der Waals surface area contributed by atoms with Crippen LogP contribution in [-0.2, 0) is 0 Å². The fourth-order valence-electron chi connectivity index (χ4n) is 2.41. The Morgan fingerprint density at radius 3 is 2.71 bits per heavy atom. The summed E-state index contributed by atoms with van der Waals surface area (Å²) < 4.78 is 3.58. The van der Waals surface area contributed by atoms with Crippen LogP contribution in [0.5, 0.6) is 0 Å². The monoisotopic (exact) mass is 320 g/mol. The molecule has 8 heteroatoms. The molecule has 4 aromatic rings. The van der Waals surface area contributed by atoms with E-state index in [1.807, 2.05) is 29.1 Å². The van der Waals surface area contributed by atoms with Crippen LogP contribution < -0.4 is 5.32 Å². The van der Waals surface area contributed by atoms with Crippen molar-refractivity contribution in [2.24, 2.45) is 0 Å². The normalized spacial score (nSPS) is 11.3. The summed E-state index contributed by atoms with van der Waals surface area (Å²) in [6.45, 7) is 4.16. The maximum Gasteiger partial charge on any atom is 0.170 e. The number of nitrogens with one attached hydrogen (secondary N) is 1. The van der Waals surface area contributed by atoms with E-state index in [1.54, 1.807) is 23.3 Å². The first-order valence-electron chi connectivity index (χ1n) is 7.63. The zero-order valence-electron chi connectivity index (χ0n) is 13.3. The lowest BCUT2D eigenvalue weighted by molar-refractivity contribution is 0.532. The van der Waals surface area contributed by atoms with Crippen LogP contribution >= 0.6 is 0 Å². The van der Waals surface area contributed by atoms with E-state index in [9.17, 15) is 0 Å². The van der Waals surface area contributed by atoms with Gasteiger partial charge in [-0.2, -0.15) is 14.9 Å². The molecule has 4 rings (SSSR count). The molecule has 0 saturated carbocycles. The average Bonchev–Trinajstić information content (AvgIpc) is 3.23.